The van der Waals surface area contributed by atoms with Crippen molar-refractivity contribution in [2.75, 3.05) is 6.54 Å². The molecular formula is C16H25NO. The second kappa shape index (κ2) is 4.93. The van der Waals surface area contributed by atoms with Gasteiger partial charge in [-0.2, -0.15) is 0 Å². The zero-order valence-corrected chi connectivity index (χ0v) is 12.3. The van der Waals surface area contributed by atoms with E-state index in [2.05, 4.69) is 52.1 Å². The molecule has 0 fully saturated rings. The van der Waals surface area contributed by atoms with E-state index in [-0.39, 0.29) is 5.60 Å². The summed E-state index contributed by atoms with van der Waals surface area (Å²) in [4.78, 5) is 0. The molecule has 1 aromatic rings. The number of nitrogens with one attached hydrogen (secondary N) is 1. The van der Waals surface area contributed by atoms with Crippen LogP contribution in [-0.2, 0) is 0 Å². The first-order valence-electron chi connectivity index (χ1n) is 6.96. The first kappa shape index (κ1) is 13.4. The third kappa shape index (κ3) is 2.69. The average molecular weight is 247 g/mol. The molecule has 1 aliphatic heterocycles. The minimum absolute atomic E-state index is 0.0832. The lowest BCUT2D eigenvalue weighted by Gasteiger charge is -2.38. The van der Waals surface area contributed by atoms with Crippen LogP contribution in [0.3, 0.4) is 0 Å². The van der Waals surface area contributed by atoms with Crippen molar-refractivity contribution in [2.45, 2.75) is 59.1 Å². The van der Waals surface area contributed by atoms with Crippen LogP contribution in [0.2, 0.25) is 0 Å². The summed E-state index contributed by atoms with van der Waals surface area (Å²) in [6.07, 6.45) is 2.19. The summed E-state index contributed by atoms with van der Waals surface area (Å²) >= 11 is 0. The lowest BCUT2D eigenvalue weighted by molar-refractivity contribution is 0.0660. The molecule has 1 heterocycles. The van der Waals surface area contributed by atoms with Crippen LogP contribution in [0.15, 0.2) is 12.1 Å². The fourth-order valence-electron chi connectivity index (χ4n) is 2.61. The molecule has 0 amide bonds. The summed E-state index contributed by atoms with van der Waals surface area (Å²) in [7, 11) is 0. The first-order valence-corrected chi connectivity index (χ1v) is 6.96. The van der Waals surface area contributed by atoms with Crippen molar-refractivity contribution < 1.29 is 4.74 Å². The molecule has 0 radical (unpaired) electrons. The van der Waals surface area contributed by atoms with E-state index < -0.39 is 0 Å². The lowest BCUT2D eigenvalue weighted by Crippen LogP contribution is -2.39. The molecule has 0 saturated carbocycles. The predicted molar refractivity (Wildman–Crippen MR) is 76.3 cm³/mol. The number of rotatable bonds is 3. The van der Waals surface area contributed by atoms with E-state index in [4.69, 9.17) is 4.74 Å². The van der Waals surface area contributed by atoms with E-state index in [1.807, 2.05) is 0 Å². The van der Waals surface area contributed by atoms with Crippen molar-refractivity contribution in [3.63, 3.8) is 0 Å². The number of benzene rings is 1. The Morgan fingerprint density at radius 1 is 1.28 bits per heavy atom. The lowest BCUT2D eigenvalue weighted by atomic mass is 9.88. The normalized spacial score (nSPS) is 21.3. The van der Waals surface area contributed by atoms with E-state index in [9.17, 15) is 0 Å². The van der Waals surface area contributed by atoms with Gasteiger partial charge < -0.3 is 10.1 Å². The Morgan fingerprint density at radius 3 is 2.61 bits per heavy atom. The summed E-state index contributed by atoms with van der Waals surface area (Å²) in [6, 6.07) is 4.89. The smallest absolute Gasteiger partial charge is 0.125 e. The maximum absolute atomic E-state index is 6.13. The molecule has 0 spiro atoms. The monoisotopic (exact) mass is 247 g/mol. The minimum atomic E-state index is -0.0832. The molecule has 2 heteroatoms. The molecule has 100 valence electrons. The van der Waals surface area contributed by atoms with Gasteiger partial charge >= 0.3 is 0 Å². The van der Waals surface area contributed by atoms with Gasteiger partial charge in [-0.05, 0) is 57.9 Å². The zero-order chi connectivity index (χ0) is 13.3. The highest BCUT2D eigenvalue weighted by atomic mass is 16.5. The predicted octanol–water partition coefficient (Wildman–Crippen LogP) is 3.91. The molecule has 0 aliphatic carbocycles. The topological polar surface area (TPSA) is 21.3 Å². The van der Waals surface area contributed by atoms with Crippen LogP contribution < -0.4 is 10.1 Å². The van der Waals surface area contributed by atoms with Gasteiger partial charge in [0, 0.05) is 18.0 Å². The first-order chi connectivity index (χ1) is 8.43. The van der Waals surface area contributed by atoms with E-state index in [1.165, 1.54) is 16.7 Å². The second-order valence-corrected chi connectivity index (χ2v) is 6.05. The van der Waals surface area contributed by atoms with Crippen LogP contribution in [0.4, 0.5) is 0 Å². The van der Waals surface area contributed by atoms with Crippen molar-refractivity contribution in [1.82, 2.24) is 5.32 Å². The Bertz CT molecular complexity index is 437. The molecule has 0 aromatic heterocycles. The van der Waals surface area contributed by atoms with Gasteiger partial charge in [0.2, 0.25) is 0 Å². The largest absolute Gasteiger partial charge is 0.487 e. The van der Waals surface area contributed by atoms with E-state index in [1.54, 1.807) is 0 Å². The van der Waals surface area contributed by atoms with Gasteiger partial charge in [-0.3, -0.25) is 0 Å². The number of hydrogen-bond donors (Lipinski definition) is 1. The Labute approximate surface area is 111 Å². The molecule has 0 bridgehead atoms. The molecular weight excluding hydrogens is 222 g/mol. The van der Waals surface area contributed by atoms with Crippen molar-refractivity contribution in [3.05, 3.63) is 28.8 Å². The number of ether oxygens (including phenoxy) is 1. The van der Waals surface area contributed by atoms with Gasteiger partial charge in [0.1, 0.15) is 11.4 Å². The molecule has 2 rings (SSSR count). The van der Waals surface area contributed by atoms with E-state index in [0.29, 0.717) is 6.04 Å². The van der Waals surface area contributed by atoms with Crippen LogP contribution in [0, 0.1) is 13.8 Å². The third-order valence-corrected chi connectivity index (χ3v) is 3.72. The SMILES string of the molecule is CCCNC1CC(C)(C)Oc2cc(C)c(C)cc21. The Hall–Kier alpha value is -1.02. The van der Waals surface area contributed by atoms with Crippen molar-refractivity contribution >= 4 is 0 Å². The Balaban J connectivity index is 2.37. The molecule has 2 nitrogen and oxygen atoms in total. The highest BCUT2D eigenvalue weighted by Gasteiger charge is 2.33. The fourth-order valence-corrected chi connectivity index (χ4v) is 2.61. The number of fused-ring (bicyclic) bond motifs is 1. The van der Waals surface area contributed by atoms with E-state index in [0.717, 1.165) is 25.1 Å². The summed E-state index contributed by atoms with van der Waals surface area (Å²) in [5.74, 6) is 1.06. The van der Waals surface area contributed by atoms with Crippen LogP contribution in [0.25, 0.3) is 0 Å². The Kier molecular flexibility index (Phi) is 3.67. The highest BCUT2D eigenvalue weighted by Crippen LogP contribution is 2.40. The summed E-state index contributed by atoms with van der Waals surface area (Å²) in [5.41, 5.74) is 3.90. The van der Waals surface area contributed by atoms with Gasteiger partial charge in [-0.15, -0.1) is 0 Å². The van der Waals surface area contributed by atoms with Crippen molar-refractivity contribution in [1.29, 1.82) is 0 Å². The summed E-state index contributed by atoms with van der Waals surface area (Å²) in [5, 5.41) is 3.65. The standard InChI is InChI=1S/C16H25NO/c1-6-7-17-14-10-16(4,5)18-15-9-12(3)11(2)8-13(14)15/h8-9,14,17H,6-7,10H2,1-5H3. The molecule has 18 heavy (non-hydrogen) atoms. The Morgan fingerprint density at radius 2 is 1.94 bits per heavy atom. The van der Waals surface area contributed by atoms with Gasteiger partial charge in [0.05, 0.1) is 0 Å². The maximum Gasteiger partial charge on any atom is 0.125 e. The van der Waals surface area contributed by atoms with Crippen LogP contribution >= 0.6 is 0 Å². The van der Waals surface area contributed by atoms with Crippen molar-refractivity contribution in [2.24, 2.45) is 0 Å². The zero-order valence-electron chi connectivity index (χ0n) is 12.3. The molecule has 0 saturated heterocycles. The quantitative estimate of drug-likeness (QED) is 0.874. The van der Waals surface area contributed by atoms with Crippen LogP contribution in [0.1, 0.15) is 56.3 Å². The van der Waals surface area contributed by atoms with Crippen LogP contribution in [-0.4, -0.2) is 12.1 Å². The second-order valence-electron chi connectivity index (χ2n) is 6.05. The van der Waals surface area contributed by atoms with Gasteiger partial charge in [0.15, 0.2) is 0 Å². The van der Waals surface area contributed by atoms with E-state index >= 15 is 0 Å². The molecule has 1 atom stereocenters. The van der Waals surface area contributed by atoms with Crippen LogP contribution in [0.5, 0.6) is 5.75 Å². The van der Waals surface area contributed by atoms with Crippen molar-refractivity contribution in [3.8, 4) is 5.75 Å². The molecule has 1 aliphatic rings. The maximum atomic E-state index is 6.13. The highest BCUT2D eigenvalue weighted by molar-refractivity contribution is 5.45. The third-order valence-electron chi connectivity index (χ3n) is 3.72. The average Bonchev–Trinajstić information content (AvgIpc) is 2.27. The molecule has 1 aromatic carbocycles. The summed E-state index contributed by atoms with van der Waals surface area (Å²) in [6.45, 7) is 11.9. The van der Waals surface area contributed by atoms with Gasteiger partial charge in [0.25, 0.3) is 0 Å². The molecule has 1 N–H and O–H groups in total. The summed E-state index contributed by atoms with van der Waals surface area (Å²) < 4.78 is 6.13. The van der Waals surface area contributed by atoms with Gasteiger partial charge in [-0.1, -0.05) is 13.0 Å². The van der Waals surface area contributed by atoms with Gasteiger partial charge in [-0.25, -0.2) is 0 Å². The minimum Gasteiger partial charge on any atom is -0.487 e. The molecule has 1 unspecified atom stereocenters. The number of aryl methyl sites for hydroxylation is 2. The fraction of sp³-hybridized carbons (Fsp3) is 0.625. The number of hydrogen-bond acceptors (Lipinski definition) is 2.